The smallest absolute Gasteiger partial charge is 0.413 e. The fourth-order valence-corrected chi connectivity index (χ4v) is 7.00. The van der Waals surface area contributed by atoms with Crippen LogP contribution in [0.1, 0.15) is 44.2 Å². The summed E-state index contributed by atoms with van der Waals surface area (Å²) in [6.07, 6.45) is -0.490. The Labute approximate surface area is 253 Å². The van der Waals surface area contributed by atoms with Crippen LogP contribution in [0.3, 0.4) is 0 Å². The molecule has 3 N–H and O–H groups in total. The van der Waals surface area contributed by atoms with Gasteiger partial charge in [0.05, 0.1) is 15.8 Å². The van der Waals surface area contributed by atoms with Gasteiger partial charge in [0, 0.05) is 28.7 Å². The van der Waals surface area contributed by atoms with Crippen LogP contribution in [-0.2, 0) is 24.8 Å². The van der Waals surface area contributed by atoms with Crippen LogP contribution in [0.4, 0.5) is 20.6 Å². The van der Waals surface area contributed by atoms with Gasteiger partial charge in [0.1, 0.15) is 11.2 Å². The fraction of sp³-hybridized carbons (Fsp3) is 0.333. The van der Waals surface area contributed by atoms with Crippen molar-refractivity contribution >= 4 is 56.4 Å². The molecular weight excluding hydrogens is 604 g/mol. The average Bonchev–Trinajstić information content (AvgIpc) is 3.33. The lowest BCUT2D eigenvalue weighted by Crippen LogP contribution is -2.49. The number of anilines is 2. The van der Waals surface area contributed by atoms with E-state index in [1.165, 1.54) is 36.4 Å². The lowest BCUT2D eigenvalue weighted by molar-refractivity contribution is -0.122. The van der Waals surface area contributed by atoms with E-state index in [2.05, 4.69) is 16.0 Å². The van der Waals surface area contributed by atoms with Crippen molar-refractivity contribution in [1.29, 1.82) is 0 Å². The van der Waals surface area contributed by atoms with Crippen LogP contribution in [0.25, 0.3) is 0 Å². The van der Waals surface area contributed by atoms with Crippen molar-refractivity contribution in [2.75, 3.05) is 16.9 Å². The summed E-state index contributed by atoms with van der Waals surface area (Å²) in [5, 5.41) is 9.15. The number of benzene rings is 3. The van der Waals surface area contributed by atoms with E-state index < -0.39 is 45.4 Å². The second kappa shape index (κ2) is 10.8. The first-order chi connectivity index (χ1) is 19.6. The predicted octanol–water partition coefficient (Wildman–Crippen LogP) is 6.49. The van der Waals surface area contributed by atoms with Gasteiger partial charge in [-0.1, -0.05) is 62.2 Å². The molecule has 8 nitrogen and oxygen atoms in total. The highest BCUT2D eigenvalue weighted by Gasteiger charge is 2.66. The zero-order valence-corrected chi connectivity index (χ0v) is 25.6. The number of carbonyl (C=O) groups is 2. The van der Waals surface area contributed by atoms with Gasteiger partial charge in [-0.05, 0) is 65.4 Å². The van der Waals surface area contributed by atoms with Gasteiger partial charge in [0.2, 0.25) is 5.91 Å². The second-order valence-corrected chi connectivity index (χ2v) is 14.7. The van der Waals surface area contributed by atoms with E-state index >= 15 is 4.39 Å². The number of halogens is 3. The third-order valence-electron chi connectivity index (χ3n) is 7.66. The zero-order chi connectivity index (χ0) is 30.6. The van der Waals surface area contributed by atoms with Crippen molar-refractivity contribution in [2.24, 2.45) is 5.41 Å². The summed E-state index contributed by atoms with van der Waals surface area (Å²) in [6.45, 7) is 6.07. The van der Waals surface area contributed by atoms with Gasteiger partial charge in [-0.3, -0.25) is 15.4 Å². The molecule has 1 spiro atoms. The molecule has 1 saturated heterocycles. The molecule has 4 atom stereocenters. The first-order valence-corrected chi connectivity index (χ1v) is 15.8. The summed E-state index contributed by atoms with van der Waals surface area (Å²) in [5.41, 5.74) is -0.172. The van der Waals surface area contributed by atoms with Crippen LogP contribution in [0.2, 0.25) is 10.0 Å². The molecule has 2 aliphatic heterocycles. The molecule has 222 valence electrons. The number of ether oxygens (including phenoxy) is 1. The molecule has 0 aliphatic carbocycles. The van der Waals surface area contributed by atoms with Crippen LogP contribution in [-0.4, -0.2) is 38.9 Å². The van der Waals surface area contributed by atoms with Gasteiger partial charge < -0.3 is 10.1 Å². The Morgan fingerprint density at radius 1 is 1.10 bits per heavy atom. The highest BCUT2D eigenvalue weighted by Crippen LogP contribution is 2.57. The van der Waals surface area contributed by atoms with Crippen LogP contribution in [0.5, 0.6) is 0 Å². The highest BCUT2D eigenvalue weighted by atomic mass is 35.5. The molecule has 42 heavy (non-hydrogen) atoms. The zero-order valence-electron chi connectivity index (χ0n) is 23.3. The van der Waals surface area contributed by atoms with Gasteiger partial charge in [-0.25, -0.2) is 17.6 Å². The van der Waals surface area contributed by atoms with Crippen molar-refractivity contribution in [3.05, 3.63) is 87.7 Å². The van der Waals surface area contributed by atoms with Crippen molar-refractivity contribution in [3.63, 3.8) is 0 Å². The number of sulfone groups is 1. The van der Waals surface area contributed by atoms with E-state index in [1.54, 1.807) is 24.3 Å². The van der Waals surface area contributed by atoms with Crippen LogP contribution in [0.15, 0.2) is 65.6 Å². The molecule has 0 bridgehead atoms. The Balaban J connectivity index is 1.60. The van der Waals surface area contributed by atoms with Gasteiger partial charge in [-0.15, -0.1) is 0 Å². The maximum atomic E-state index is 15.8. The molecule has 12 heteroatoms. The van der Waals surface area contributed by atoms with E-state index in [0.29, 0.717) is 22.7 Å². The quantitative estimate of drug-likeness (QED) is 0.296. The molecule has 0 radical (unpaired) electrons. The lowest BCUT2D eigenvalue weighted by atomic mass is 9.63. The number of amides is 2. The Hall–Kier alpha value is -3.18. The van der Waals surface area contributed by atoms with Crippen molar-refractivity contribution in [1.82, 2.24) is 5.32 Å². The number of nitrogens with one attached hydrogen (secondary N) is 3. The van der Waals surface area contributed by atoms with E-state index in [1.807, 2.05) is 20.8 Å². The van der Waals surface area contributed by atoms with Gasteiger partial charge in [0.15, 0.2) is 16.1 Å². The van der Waals surface area contributed by atoms with E-state index in [0.717, 1.165) is 6.26 Å². The molecule has 3 aromatic carbocycles. The molecule has 3 aromatic rings. The second-order valence-electron chi connectivity index (χ2n) is 11.9. The minimum atomic E-state index is -3.43. The van der Waals surface area contributed by atoms with Crippen molar-refractivity contribution < 1.29 is 27.1 Å². The molecular formula is C30H30Cl2FN3O5S. The number of hydrogen-bond acceptors (Lipinski definition) is 6. The van der Waals surface area contributed by atoms with Crippen LogP contribution in [0, 0.1) is 11.2 Å². The fourth-order valence-electron chi connectivity index (χ4n) is 6.02. The van der Waals surface area contributed by atoms with Gasteiger partial charge >= 0.3 is 6.09 Å². The van der Waals surface area contributed by atoms with Crippen molar-refractivity contribution in [3.8, 4) is 0 Å². The topological polar surface area (TPSA) is 114 Å². The molecule has 2 heterocycles. The third kappa shape index (κ3) is 5.48. The normalized spacial score (nSPS) is 23.5. The monoisotopic (exact) mass is 633 g/mol. The minimum absolute atomic E-state index is 0.0911. The summed E-state index contributed by atoms with van der Waals surface area (Å²) >= 11 is 12.5. The summed E-state index contributed by atoms with van der Waals surface area (Å²) in [6, 6.07) is 14.6. The molecule has 5 rings (SSSR count). The molecule has 0 aromatic heterocycles. The Kier molecular flexibility index (Phi) is 7.81. The molecule has 1 fully saturated rings. The molecule has 2 aliphatic rings. The standard InChI is InChI=1S/C30H30Cl2FN3O5S/c1-29(2,3)15-23-30(20-13-8-16(31)14-22(20)35-27(30)37)24(19-6-5-7-21(32)25(19)33)26(36-23)41-28(38)34-17-9-11-18(12-10-17)42(4,39)40/h5-14,23-24,26,36H,15H2,1-4H3,(H,34,38)(H,35,37)/t23-,24-,26+,30+/m0/s1. The van der Waals surface area contributed by atoms with Gasteiger partial charge in [-0.2, -0.15) is 0 Å². The number of fused-ring (bicyclic) bond motifs is 2. The SMILES string of the molecule is CC(C)(C)C[C@@H]1N[C@H](OC(=O)Nc2ccc(S(C)(=O)=O)cc2)[C@H](c2cccc(Cl)c2F)[C@]12C(=O)Nc1cc(Cl)ccc12. The number of carbonyl (C=O) groups excluding carboxylic acids is 2. The summed E-state index contributed by atoms with van der Waals surface area (Å²) in [7, 11) is -3.43. The highest BCUT2D eigenvalue weighted by molar-refractivity contribution is 7.90. The first kappa shape index (κ1) is 30.3. The predicted molar refractivity (Wildman–Crippen MR) is 160 cm³/mol. The maximum Gasteiger partial charge on any atom is 0.413 e. The van der Waals surface area contributed by atoms with E-state index in [4.69, 9.17) is 27.9 Å². The van der Waals surface area contributed by atoms with Crippen LogP contribution < -0.4 is 16.0 Å². The molecule has 0 unspecified atom stereocenters. The molecule has 0 saturated carbocycles. The van der Waals surface area contributed by atoms with Crippen LogP contribution >= 0.6 is 23.2 Å². The van der Waals surface area contributed by atoms with E-state index in [-0.39, 0.29) is 32.5 Å². The summed E-state index contributed by atoms with van der Waals surface area (Å²) in [5.74, 6) is -2.12. The Morgan fingerprint density at radius 3 is 2.43 bits per heavy atom. The Bertz CT molecular complexity index is 1680. The van der Waals surface area contributed by atoms with Gasteiger partial charge in [0.25, 0.3) is 0 Å². The van der Waals surface area contributed by atoms with E-state index in [9.17, 15) is 18.0 Å². The largest absolute Gasteiger partial charge is 0.429 e. The average molecular weight is 635 g/mol. The third-order valence-corrected chi connectivity index (χ3v) is 9.31. The summed E-state index contributed by atoms with van der Waals surface area (Å²) < 4.78 is 45.3. The number of rotatable bonds is 5. The molecule has 2 amide bonds. The maximum absolute atomic E-state index is 15.8. The minimum Gasteiger partial charge on any atom is -0.429 e. The Morgan fingerprint density at radius 2 is 1.79 bits per heavy atom. The first-order valence-electron chi connectivity index (χ1n) is 13.2. The lowest BCUT2D eigenvalue weighted by Gasteiger charge is -2.37. The number of hydrogen-bond donors (Lipinski definition) is 3. The summed E-state index contributed by atoms with van der Waals surface area (Å²) in [4.78, 5) is 27.4. The van der Waals surface area contributed by atoms with Crippen molar-refractivity contribution in [2.45, 2.75) is 55.7 Å².